The maximum Gasteiger partial charge on any atom is 0.128 e. The lowest BCUT2D eigenvalue weighted by atomic mass is 9.82. The first-order valence-corrected chi connectivity index (χ1v) is 8.16. The van der Waals surface area contributed by atoms with Gasteiger partial charge in [0, 0.05) is 5.54 Å². The molecule has 0 saturated heterocycles. The molecule has 108 valence electrons. The Morgan fingerprint density at radius 3 is 2.60 bits per heavy atom. The van der Waals surface area contributed by atoms with Crippen LogP contribution in [-0.4, -0.2) is 9.55 Å². The SMILES string of the molecule is CC(Cl)c1nc2c(Cl)cccc2n1C1(C)CCCCC1. The number of benzene rings is 1. The maximum atomic E-state index is 6.39. The van der Waals surface area contributed by atoms with E-state index < -0.39 is 0 Å². The van der Waals surface area contributed by atoms with Gasteiger partial charge in [0.1, 0.15) is 11.3 Å². The second-order valence-corrected chi connectivity index (χ2v) is 7.15. The Bertz CT molecular complexity index is 625. The molecule has 1 atom stereocenters. The first kappa shape index (κ1) is 14.2. The van der Waals surface area contributed by atoms with Gasteiger partial charge >= 0.3 is 0 Å². The van der Waals surface area contributed by atoms with Crippen molar-refractivity contribution in [2.24, 2.45) is 0 Å². The molecule has 3 rings (SSSR count). The number of para-hydroxylation sites is 1. The summed E-state index contributed by atoms with van der Waals surface area (Å²) in [5.41, 5.74) is 2.10. The number of fused-ring (bicyclic) bond motifs is 1. The van der Waals surface area contributed by atoms with Crippen LogP contribution >= 0.6 is 23.2 Å². The average molecular weight is 311 g/mol. The van der Waals surface area contributed by atoms with Crippen molar-refractivity contribution in [2.75, 3.05) is 0 Å². The number of alkyl halides is 1. The van der Waals surface area contributed by atoms with Crippen molar-refractivity contribution in [2.45, 2.75) is 56.9 Å². The minimum atomic E-state index is -0.114. The highest BCUT2D eigenvalue weighted by Gasteiger charge is 2.33. The summed E-state index contributed by atoms with van der Waals surface area (Å²) >= 11 is 12.7. The van der Waals surface area contributed by atoms with Crippen LogP contribution < -0.4 is 0 Å². The summed E-state index contributed by atoms with van der Waals surface area (Å²) in [6, 6.07) is 6.00. The van der Waals surface area contributed by atoms with Crippen LogP contribution in [0.1, 0.15) is 57.2 Å². The van der Waals surface area contributed by atoms with Crippen molar-refractivity contribution in [1.82, 2.24) is 9.55 Å². The number of rotatable bonds is 2. The largest absolute Gasteiger partial charge is 0.321 e. The molecule has 1 aromatic heterocycles. The molecule has 1 aliphatic rings. The summed E-state index contributed by atoms with van der Waals surface area (Å²) in [4.78, 5) is 4.73. The third-order valence-electron chi connectivity index (χ3n) is 4.49. The Balaban J connectivity index is 2.26. The average Bonchev–Trinajstić information content (AvgIpc) is 2.81. The van der Waals surface area contributed by atoms with E-state index in [9.17, 15) is 0 Å². The summed E-state index contributed by atoms with van der Waals surface area (Å²) in [7, 11) is 0. The Kier molecular flexibility index (Phi) is 3.72. The van der Waals surface area contributed by atoms with Gasteiger partial charge in [0.2, 0.25) is 0 Å². The lowest BCUT2D eigenvalue weighted by molar-refractivity contribution is 0.219. The lowest BCUT2D eigenvalue weighted by Crippen LogP contribution is -2.34. The van der Waals surface area contributed by atoms with Crippen molar-refractivity contribution in [3.63, 3.8) is 0 Å². The van der Waals surface area contributed by atoms with Crippen molar-refractivity contribution in [3.8, 4) is 0 Å². The van der Waals surface area contributed by atoms with E-state index >= 15 is 0 Å². The highest BCUT2D eigenvalue weighted by Crippen LogP contribution is 2.40. The number of hydrogen-bond donors (Lipinski definition) is 0. The quantitative estimate of drug-likeness (QED) is 0.653. The maximum absolute atomic E-state index is 6.39. The predicted octanol–water partition coefficient (Wildman–Crippen LogP) is 5.67. The van der Waals surface area contributed by atoms with Gasteiger partial charge in [-0.2, -0.15) is 0 Å². The molecule has 1 aromatic carbocycles. The summed E-state index contributed by atoms with van der Waals surface area (Å²) < 4.78 is 2.35. The third-order valence-corrected chi connectivity index (χ3v) is 4.99. The normalized spacial score (nSPS) is 20.2. The fourth-order valence-electron chi connectivity index (χ4n) is 3.45. The van der Waals surface area contributed by atoms with E-state index in [0.717, 1.165) is 16.9 Å². The van der Waals surface area contributed by atoms with E-state index in [2.05, 4.69) is 17.6 Å². The Morgan fingerprint density at radius 2 is 1.95 bits per heavy atom. The first-order valence-electron chi connectivity index (χ1n) is 7.34. The second kappa shape index (κ2) is 5.23. The van der Waals surface area contributed by atoms with Gasteiger partial charge in [0.25, 0.3) is 0 Å². The molecule has 0 radical (unpaired) electrons. The van der Waals surface area contributed by atoms with Gasteiger partial charge in [-0.3, -0.25) is 0 Å². The molecule has 1 saturated carbocycles. The highest BCUT2D eigenvalue weighted by atomic mass is 35.5. The van der Waals surface area contributed by atoms with Gasteiger partial charge < -0.3 is 4.57 Å². The van der Waals surface area contributed by atoms with Gasteiger partial charge in [0.05, 0.1) is 15.9 Å². The number of halogens is 2. The van der Waals surface area contributed by atoms with Gasteiger partial charge in [0.15, 0.2) is 0 Å². The molecular weight excluding hydrogens is 291 g/mol. The predicted molar refractivity (Wildman–Crippen MR) is 85.7 cm³/mol. The Hall–Kier alpha value is -0.730. The number of aromatic nitrogens is 2. The molecule has 1 aliphatic carbocycles. The second-order valence-electron chi connectivity index (χ2n) is 6.09. The van der Waals surface area contributed by atoms with Gasteiger partial charge in [-0.1, -0.05) is 36.9 Å². The summed E-state index contributed by atoms with van der Waals surface area (Å²) in [6.07, 6.45) is 6.23. The van der Waals surface area contributed by atoms with Gasteiger partial charge in [-0.05, 0) is 38.8 Å². The molecule has 4 heteroatoms. The fraction of sp³-hybridized carbons (Fsp3) is 0.562. The van der Waals surface area contributed by atoms with Crippen LogP contribution in [0.25, 0.3) is 11.0 Å². The molecular formula is C16H20Cl2N2. The third kappa shape index (κ3) is 2.23. The molecule has 0 bridgehead atoms. The van der Waals surface area contributed by atoms with Crippen LogP contribution in [0, 0.1) is 0 Å². The molecule has 0 N–H and O–H groups in total. The zero-order valence-corrected chi connectivity index (χ0v) is 13.5. The minimum absolute atomic E-state index is 0.107. The number of hydrogen-bond acceptors (Lipinski definition) is 1. The topological polar surface area (TPSA) is 17.8 Å². The van der Waals surface area contributed by atoms with Crippen molar-refractivity contribution in [3.05, 3.63) is 29.0 Å². The van der Waals surface area contributed by atoms with Crippen LogP contribution in [0.3, 0.4) is 0 Å². The zero-order valence-electron chi connectivity index (χ0n) is 12.0. The molecule has 0 amide bonds. The standard InChI is InChI=1S/C16H20Cl2N2/c1-11(17)15-19-14-12(18)7-6-8-13(14)20(15)16(2)9-4-3-5-10-16/h6-8,11H,3-5,9-10H2,1-2H3. The van der Waals surface area contributed by atoms with Crippen molar-refractivity contribution >= 4 is 34.2 Å². The molecule has 0 spiro atoms. The number of imidazole rings is 1. The van der Waals surface area contributed by atoms with E-state index in [1.165, 1.54) is 32.1 Å². The van der Waals surface area contributed by atoms with Crippen LogP contribution in [-0.2, 0) is 5.54 Å². The molecule has 1 unspecified atom stereocenters. The summed E-state index contributed by atoms with van der Waals surface area (Å²) in [6.45, 7) is 4.32. The van der Waals surface area contributed by atoms with Crippen molar-refractivity contribution in [1.29, 1.82) is 0 Å². The molecule has 2 nitrogen and oxygen atoms in total. The van der Waals surface area contributed by atoms with Gasteiger partial charge in [-0.25, -0.2) is 4.98 Å². The van der Waals surface area contributed by atoms with E-state index in [0.29, 0.717) is 5.02 Å². The van der Waals surface area contributed by atoms with Crippen molar-refractivity contribution < 1.29 is 0 Å². The minimum Gasteiger partial charge on any atom is -0.321 e. The highest BCUT2D eigenvalue weighted by molar-refractivity contribution is 6.35. The Labute approximate surface area is 130 Å². The molecule has 2 aromatic rings. The van der Waals surface area contributed by atoms with E-state index in [1.807, 2.05) is 19.1 Å². The van der Waals surface area contributed by atoms with E-state index in [1.54, 1.807) is 0 Å². The van der Waals surface area contributed by atoms with E-state index in [4.69, 9.17) is 28.2 Å². The number of nitrogens with zero attached hydrogens (tertiary/aromatic N) is 2. The van der Waals surface area contributed by atoms with Crippen LogP contribution in [0.4, 0.5) is 0 Å². The van der Waals surface area contributed by atoms with Crippen LogP contribution in [0.15, 0.2) is 18.2 Å². The summed E-state index contributed by atoms with van der Waals surface area (Å²) in [5, 5.41) is 0.594. The molecule has 0 aliphatic heterocycles. The molecule has 20 heavy (non-hydrogen) atoms. The van der Waals surface area contributed by atoms with Gasteiger partial charge in [-0.15, -0.1) is 11.6 Å². The molecule has 1 heterocycles. The molecule has 1 fully saturated rings. The smallest absolute Gasteiger partial charge is 0.128 e. The Morgan fingerprint density at radius 1 is 1.25 bits per heavy atom. The van der Waals surface area contributed by atoms with Crippen LogP contribution in [0.2, 0.25) is 5.02 Å². The first-order chi connectivity index (χ1) is 9.53. The zero-order chi connectivity index (χ0) is 14.3. The summed E-state index contributed by atoms with van der Waals surface area (Å²) in [5.74, 6) is 0.944. The monoisotopic (exact) mass is 310 g/mol. The van der Waals surface area contributed by atoms with Crippen LogP contribution in [0.5, 0.6) is 0 Å². The van der Waals surface area contributed by atoms with E-state index in [-0.39, 0.29) is 10.9 Å². The lowest BCUT2D eigenvalue weighted by Gasteiger charge is -2.37. The fourth-order valence-corrected chi connectivity index (χ4v) is 3.81.